The number of carbonyl (C=O) groups is 1. The van der Waals surface area contributed by atoms with Crippen molar-refractivity contribution in [1.29, 1.82) is 0 Å². The number of benzene rings is 2. The van der Waals surface area contributed by atoms with Gasteiger partial charge in [0, 0.05) is 29.6 Å². The number of aromatic nitrogens is 2. The molecule has 31 heavy (non-hydrogen) atoms. The number of methoxy groups -OCH3 is 1. The van der Waals surface area contributed by atoms with Crippen LogP contribution in [0, 0.1) is 0 Å². The van der Waals surface area contributed by atoms with Crippen LogP contribution < -0.4 is 20.3 Å². The van der Waals surface area contributed by atoms with E-state index in [4.69, 9.17) is 21.1 Å². The Morgan fingerprint density at radius 2 is 1.87 bits per heavy atom. The molecule has 8 heteroatoms. The van der Waals surface area contributed by atoms with Gasteiger partial charge in [-0.05, 0) is 42.5 Å². The van der Waals surface area contributed by atoms with Crippen molar-refractivity contribution < 1.29 is 14.3 Å². The van der Waals surface area contributed by atoms with E-state index in [9.17, 15) is 9.59 Å². The Bertz CT molecular complexity index is 1320. The van der Waals surface area contributed by atoms with Gasteiger partial charge in [0.05, 0.1) is 17.8 Å². The molecular formula is C23H18ClN3O4. The zero-order valence-electron chi connectivity index (χ0n) is 16.5. The predicted octanol–water partition coefficient (Wildman–Crippen LogP) is 4.19. The summed E-state index contributed by atoms with van der Waals surface area (Å²) in [6, 6.07) is 18.6. The molecule has 2 aromatic heterocycles. The van der Waals surface area contributed by atoms with Crippen molar-refractivity contribution in [3.05, 3.63) is 99.6 Å². The van der Waals surface area contributed by atoms with Gasteiger partial charge in [-0.15, -0.1) is 0 Å². The van der Waals surface area contributed by atoms with Crippen molar-refractivity contribution in [1.82, 2.24) is 9.38 Å². The molecule has 0 aliphatic heterocycles. The Hall–Kier alpha value is -3.84. The van der Waals surface area contributed by atoms with Gasteiger partial charge in [-0.2, -0.15) is 0 Å². The molecule has 7 nitrogen and oxygen atoms in total. The highest BCUT2D eigenvalue weighted by atomic mass is 35.5. The van der Waals surface area contributed by atoms with Crippen LogP contribution in [-0.2, 0) is 6.61 Å². The molecule has 0 bridgehead atoms. The van der Waals surface area contributed by atoms with Crippen LogP contribution in [0.2, 0.25) is 5.02 Å². The number of halogens is 1. The number of fused-ring (bicyclic) bond motifs is 1. The van der Waals surface area contributed by atoms with E-state index in [1.807, 2.05) is 0 Å². The maximum absolute atomic E-state index is 12.5. The topological polar surface area (TPSA) is 81.9 Å². The number of nitrogens with one attached hydrogen (secondary N) is 1. The average molecular weight is 436 g/mol. The zero-order valence-corrected chi connectivity index (χ0v) is 17.3. The third kappa shape index (κ3) is 4.84. The summed E-state index contributed by atoms with van der Waals surface area (Å²) in [6.07, 6.45) is 1.52. The molecule has 2 aromatic carbocycles. The summed E-state index contributed by atoms with van der Waals surface area (Å²) >= 11 is 5.93. The molecule has 0 spiro atoms. The summed E-state index contributed by atoms with van der Waals surface area (Å²) in [7, 11) is 1.55. The molecule has 0 unspecified atom stereocenters. The zero-order chi connectivity index (χ0) is 21.8. The van der Waals surface area contributed by atoms with E-state index in [0.29, 0.717) is 39.1 Å². The molecule has 0 radical (unpaired) electrons. The molecule has 4 aromatic rings. The first-order valence-electron chi connectivity index (χ1n) is 9.38. The number of anilines is 1. The maximum Gasteiger partial charge on any atom is 0.258 e. The number of ether oxygens (including phenoxy) is 2. The fraction of sp³-hybridized carbons (Fsp3) is 0.0870. The minimum Gasteiger partial charge on any atom is -0.497 e. The Morgan fingerprint density at radius 1 is 1.06 bits per heavy atom. The van der Waals surface area contributed by atoms with Crippen molar-refractivity contribution in [3.63, 3.8) is 0 Å². The van der Waals surface area contributed by atoms with E-state index in [1.165, 1.54) is 16.7 Å². The lowest BCUT2D eigenvalue weighted by Crippen LogP contribution is -2.16. The van der Waals surface area contributed by atoms with Crippen LogP contribution >= 0.6 is 11.6 Å². The number of pyridine rings is 1. The summed E-state index contributed by atoms with van der Waals surface area (Å²) in [5, 5.41) is 3.28. The fourth-order valence-electron chi connectivity index (χ4n) is 2.99. The van der Waals surface area contributed by atoms with E-state index in [0.717, 1.165) is 0 Å². The fourth-order valence-corrected chi connectivity index (χ4v) is 3.15. The highest BCUT2D eigenvalue weighted by molar-refractivity contribution is 6.30. The van der Waals surface area contributed by atoms with Gasteiger partial charge < -0.3 is 14.8 Å². The Labute approximate surface area is 182 Å². The van der Waals surface area contributed by atoms with Crippen molar-refractivity contribution in [2.24, 2.45) is 0 Å². The van der Waals surface area contributed by atoms with E-state index >= 15 is 0 Å². The Morgan fingerprint density at radius 3 is 2.71 bits per heavy atom. The van der Waals surface area contributed by atoms with Gasteiger partial charge in [0.15, 0.2) is 0 Å². The van der Waals surface area contributed by atoms with Crippen molar-refractivity contribution >= 4 is 28.8 Å². The van der Waals surface area contributed by atoms with Crippen molar-refractivity contribution in [2.45, 2.75) is 6.61 Å². The molecule has 156 valence electrons. The quantitative estimate of drug-likeness (QED) is 0.491. The highest BCUT2D eigenvalue weighted by Gasteiger charge is 2.09. The number of amides is 1. The molecule has 0 saturated heterocycles. The molecule has 1 amide bonds. The van der Waals surface area contributed by atoms with E-state index in [2.05, 4.69) is 10.3 Å². The van der Waals surface area contributed by atoms with Crippen LogP contribution in [0.1, 0.15) is 16.1 Å². The van der Waals surface area contributed by atoms with Crippen LogP contribution in [-0.4, -0.2) is 22.4 Å². The van der Waals surface area contributed by atoms with Crippen molar-refractivity contribution in [3.8, 4) is 11.5 Å². The van der Waals surface area contributed by atoms with Crippen LogP contribution in [0.15, 0.2) is 77.7 Å². The lowest BCUT2D eigenvalue weighted by Gasteiger charge is -2.10. The van der Waals surface area contributed by atoms with Gasteiger partial charge in [-0.25, -0.2) is 4.98 Å². The Kier molecular flexibility index (Phi) is 5.86. The maximum atomic E-state index is 12.5. The molecule has 0 aliphatic carbocycles. The summed E-state index contributed by atoms with van der Waals surface area (Å²) < 4.78 is 12.3. The molecule has 0 aliphatic rings. The van der Waals surface area contributed by atoms with E-state index in [1.54, 1.807) is 67.8 Å². The summed E-state index contributed by atoms with van der Waals surface area (Å²) in [5.74, 6) is 0.867. The molecule has 0 fully saturated rings. The van der Waals surface area contributed by atoms with Gasteiger partial charge >= 0.3 is 0 Å². The number of rotatable bonds is 6. The van der Waals surface area contributed by atoms with Gasteiger partial charge in [0.1, 0.15) is 23.8 Å². The second-order valence-electron chi connectivity index (χ2n) is 6.66. The lowest BCUT2D eigenvalue weighted by atomic mass is 10.2. The second-order valence-corrected chi connectivity index (χ2v) is 7.10. The normalized spacial score (nSPS) is 10.6. The van der Waals surface area contributed by atoms with Crippen LogP contribution in [0.25, 0.3) is 5.65 Å². The van der Waals surface area contributed by atoms with Crippen LogP contribution in [0.4, 0.5) is 5.69 Å². The minimum atomic E-state index is -0.265. The van der Waals surface area contributed by atoms with Crippen molar-refractivity contribution in [2.75, 3.05) is 12.4 Å². The second kappa shape index (κ2) is 8.89. The number of hydrogen-bond donors (Lipinski definition) is 1. The summed E-state index contributed by atoms with van der Waals surface area (Å²) in [4.78, 5) is 29.2. The largest absolute Gasteiger partial charge is 0.497 e. The highest BCUT2D eigenvalue weighted by Crippen LogP contribution is 2.20. The monoisotopic (exact) mass is 435 g/mol. The summed E-state index contributed by atoms with van der Waals surface area (Å²) in [6.45, 7) is 0.0989. The van der Waals surface area contributed by atoms with Gasteiger partial charge in [-0.3, -0.25) is 14.0 Å². The average Bonchev–Trinajstić information content (AvgIpc) is 2.78. The third-order valence-corrected chi connectivity index (χ3v) is 4.71. The van der Waals surface area contributed by atoms with Gasteiger partial charge in [-0.1, -0.05) is 23.7 Å². The predicted molar refractivity (Wildman–Crippen MR) is 118 cm³/mol. The molecule has 0 saturated carbocycles. The standard InChI is InChI=1S/C23H18ClN3O4/c1-30-19-6-2-4-15(10-19)23(29)26-17-5-3-7-20(11-17)31-14-18-12-22(28)27-13-16(24)8-9-21(27)25-18/h2-13H,14H2,1H3,(H,26,29). The number of hydrogen-bond acceptors (Lipinski definition) is 5. The first-order chi connectivity index (χ1) is 15.0. The number of nitrogens with zero attached hydrogens (tertiary/aromatic N) is 2. The van der Waals surface area contributed by atoms with E-state index < -0.39 is 0 Å². The van der Waals surface area contributed by atoms with Gasteiger partial charge in [0.2, 0.25) is 0 Å². The molecule has 4 rings (SSSR count). The van der Waals surface area contributed by atoms with Crippen LogP contribution in [0.3, 0.4) is 0 Å². The molecule has 0 atom stereocenters. The molecule has 1 N–H and O–H groups in total. The van der Waals surface area contributed by atoms with E-state index in [-0.39, 0.29) is 18.1 Å². The molecule has 2 heterocycles. The number of carbonyl (C=O) groups excluding carboxylic acids is 1. The first kappa shape index (κ1) is 20.4. The van der Waals surface area contributed by atoms with Crippen LogP contribution in [0.5, 0.6) is 11.5 Å². The Balaban J connectivity index is 1.46. The molecular weight excluding hydrogens is 418 g/mol. The van der Waals surface area contributed by atoms with Gasteiger partial charge in [0.25, 0.3) is 11.5 Å². The first-order valence-corrected chi connectivity index (χ1v) is 9.76. The third-order valence-electron chi connectivity index (χ3n) is 4.49. The SMILES string of the molecule is COc1cccc(C(=O)Nc2cccc(OCc3cc(=O)n4cc(Cl)ccc4n3)c2)c1. The smallest absolute Gasteiger partial charge is 0.258 e. The lowest BCUT2D eigenvalue weighted by molar-refractivity contribution is 0.102. The minimum absolute atomic E-state index is 0.0989. The summed E-state index contributed by atoms with van der Waals surface area (Å²) in [5.41, 5.74) is 1.77.